The van der Waals surface area contributed by atoms with Gasteiger partial charge in [0.25, 0.3) is 5.91 Å². The second-order valence-corrected chi connectivity index (χ2v) is 5.15. The Kier molecular flexibility index (Phi) is 4.73. The van der Waals surface area contributed by atoms with Gasteiger partial charge in [-0.05, 0) is 17.0 Å². The molecule has 2 N–H and O–H groups in total. The van der Waals surface area contributed by atoms with Crippen molar-refractivity contribution < 1.29 is 9.59 Å². The number of thiophene rings is 1. The summed E-state index contributed by atoms with van der Waals surface area (Å²) in [7, 11) is 1.67. The van der Waals surface area contributed by atoms with Gasteiger partial charge in [-0.1, -0.05) is 36.4 Å². The summed E-state index contributed by atoms with van der Waals surface area (Å²) in [6, 6.07) is 12.7. The van der Waals surface area contributed by atoms with Crippen molar-refractivity contribution in [2.45, 2.75) is 6.54 Å². The highest BCUT2D eigenvalue weighted by atomic mass is 32.1. The van der Waals surface area contributed by atoms with Crippen molar-refractivity contribution in [3.8, 4) is 0 Å². The molecule has 0 saturated carbocycles. The second-order valence-electron chi connectivity index (χ2n) is 4.20. The molecule has 0 aliphatic carbocycles. The van der Waals surface area contributed by atoms with E-state index in [-0.39, 0.29) is 11.9 Å². The fourth-order valence-corrected chi connectivity index (χ4v) is 2.22. The summed E-state index contributed by atoms with van der Waals surface area (Å²) in [5.41, 5.74) is 5.79. The number of hydrazine groups is 1. The third-order valence-corrected chi connectivity index (χ3v) is 3.51. The molecule has 0 aliphatic heterocycles. The second kappa shape index (κ2) is 6.72. The lowest BCUT2D eigenvalue weighted by Crippen LogP contribution is -2.47. The van der Waals surface area contributed by atoms with Crippen molar-refractivity contribution in [2.24, 2.45) is 0 Å². The smallest absolute Gasteiger partial charge is 0.322 e. The lowest BCUT2D eigenvalue weighted by molar-refractivity contribution is 0.0935. The molecule has 1 aromatic carbocycles. The maximum Gasteiger partial charge on any atom is 0.336 e. The molecule has 0 radical (unpaired) electrons. The normalized spacial score (nSPS) is 9.85. The maximum absolute atomic E-state index is 11.8. The molecule has 0 fully saturated rings. The van der Waals surface area contributed by atoms with Crippen LogP contribution >= 0.6 is 11.3 Å². The Morgan fingerprint density at radius 1 is 1.10 bits per heavy atom. The molecule has 1 heterocycles. The Bertz CT molecular complexity index is 569. The molecule has 6 heteroatoms. The zero-order valence-corrected chi connectivity index (χ0v) is 11.8. The van der Waals surface area contributed by atoms with Gasteiger partial charge >= 0.3 is 6.03 Å². The summed E-state index contributed by atoms with van der Waals surface area (Å²) in [5.74, 6) is -0.318. The average molecular weight is 289 g/mol. The Hall–Kier alpha value is -2.34. The standard InChI is InChI=1S/C14H15N3O2S/c1-17(10-11-6-3-2-4-7-11)14(19)16-15-13(18)12-8-5-9-20-12/h2-9H,10H2,1H3,(H,15,18)(H,16,19). The first-order valence-electron chi connectivity index (χ1n) is 6.05. The van der Waals surface area contributed by atoms with E-state index in [4.69, 9.17) is 0 Å². The predicted molar refractivity (Wildman–Crippen MR) is 78.2 cm³/mol. The average Bonchev–Trinajstić information content (AvgIpc) is 2.99. The minimum atomic E-state index is -0.362. The van der Waals surface area contributed by atoms with Crippen LogP contribution in [0, 0.1) is 0 Å². The number of urea groups is 1. The third-order valence-electron chi connectivity index (χ3n) is 2.64. The first-order chi connectivity index (χ1) is 9.66. The van der Waals surface area contributed by atoms with Crippen LogP contribution in [0.2, 0.25) is 0 Å². The van der Waals surface area contributed by atoms with Gasteiger partial charge in [0, 0.05) is 13.6 Å². The largest absolute Gasteiger partial charge is 0.336 e. The molecule has 2 rings (SSSR count). The van der Waals surface area contributed by atoms with Crippen LogP contribution in [0.15, 0.2) is 47.8 Å². The number of hydrogen-bond donors (Lipinski definition) is 2. The van der Waals surface area contributed by atoms with Gasteiger partial charge in [0.1, 0.15) is 0 Å². The molecule has 0 spiro atoms. The van der Waals surface area contributed by atoms with Crippen LogP contribution in [0.25, 0.3) is 0 Å². The molecular weight excluding hydrogens is 274 g/mol. The minimum Gasteiger partial charge on any atom is -0.322 e. The molecule has 0 unspecified atom stereocenters. The number of amides is 3. The van der Waals surface area contributed by atoms with Gasteiger partial charge in [0.05, 0.1) is 4.88 Å². The molecule has 3 amide bonds. The molecular formula is C14H15N3O2S. The predicted octanol–water partition coefficient (Wildman–Crippen LogP) is 2.23. The summed E-state index contributed by atoms with van der Waals surface area (Å²) in [6.07, 6.45) is 0. The summed E-state index contributed by atoms with van der Waals surface area (Å²) in [4.78, 5) is 25.5. The SMILES string of the molecule is CN(Cc1ccccc1)C(=O)NNC(=O)c1cccs1. The van der Waals surface area contributed by atoms with Crippen LogP contribution in [0.1, 0.15) is 15.2 Å². The Morgan fingerprint density at radius 2 is 1.85 bits per heavy atom. The van der Waals surface area contributed by atoms with Crippen LogP contribution in [0.4, 0.5) is 4.79 Å². The van der Waals surface area contributed by atoms with Crippen molar-refractivity contribution in [2.75, 3.05) is 7.05 Å². The highest BCUT2D eigenvalue weighted by molar-refractivity contribution is 7.12. The number of benzene rings is 1. The van der Waals surface area contributed by atoms with E-state index in [0.29, 0.717) is 11.4 Å². The molecule has 1 aromatic heterocycles. The topological polar surface area (TPSA) is 61.4 Å². The molecule has 5 nitrogen and oxygen atoms in total. The van der Waals surface area contributed by atoms with Crippen molar-refractivity contribution in [3.63, 3.8) is 0 Å². The quantitative estimate of drug-likeness (QED) is 0.851. The molecule has 2 aromatic rings. The minimum absolute atomic E-state index is 0.318. The lowest BCUT2D eigenvalue weighted by atomic mass is 10.2. The van der Waals surface area contributed by atoms with Crippen molar-refractivity contribution in [3.05, 3.63) is 58.3 Å². The van der Waals surface area contributed by atoms with Crippen LogP contribution in [0.3, 0.4) is 0 Å². The van der Waals surface area contributed by atoms with Crippen LogP contribution in [0.5, 0.6) is 0 Å². The van der Waals surface area contributed by atoms with Gasteiger partial charge in [-0.25, -0.2) is 10.2 Å². The number of hydrogen-bond acceptors (Lipinski definition) is 3. The Balaban J connectivity index is 1.81. The molecule has 0 saturated heterocycles. The number of nitrogens with zero attached hydrogens (tertiary/aromatic N) is 1. The van der Waals surface area contributed by atoms with Crippen molar-refractivity contribution in [1.29, 1.82) is 0 Å². The monoisotopic (exact) mass is 289 g/mol. The number of carbonyl (C=O) groups excluding carboxylic acids is 2. The van der Waals surface area contributed by atoms with E-state index in [9.17, 15) is 9.59 Å². The van der Waals surface area contributed by atoms with E-state index in [2.05, 4.69) is 10.9 Å². The molecule has 104 valence electrons. The van der Waals surface area contributed by atoms with Gasteiger partial charge in [-0.3, -0.25) is 10.2 Å². The summed E-state index contributed by atoms with van der Waals surface area (Å²) in [6.45, 7) is 0.474. The molecule has 0 bridgehead atoms. The van der Waals surface area contributed by atoms with E-state index >= 15 is 0 Å². The van der Waals surface area contributed by atoms with Crippen molar-refractivity contribution in [1.82, 2.24) is 15.8 Å². The lowest BCUT2D eigenvalue weighted by Gasteiger charge is -2.18. The third kappa shape index (κ3) is 3.83. The molecule has 0 atom stereocenters. The zero-order valence-electron chi connectivity index (χ0n) is 11.0. The van der Waals surface area contributed by atoms with E-state index < -0.39 is 0 Å². The maximum atomic E-state index is 11.8. The van der Waals surface area contributed by atoms with Crippen LogP contribution in [-0.2, 0) is 6.54 Å². The van der Waals surface area contributed by atoms with E-state index in [1.54, 1.807) is 24.6 Å². The summed E-state index contributed by atoms with van der Waals surface area (Å²) >= 11 is 1.32. The first-order valence-corrected chi connectivity index (χ1v) is 6.93. The van der Waals surface area contributed by atoms with Gasteiger partial charge in [0.15, 0.2) is 0 Å². The molecule has 0 aliphatic rings. The van der Waals surface area contributed by atoms with Crippen LogP contribution in [-0.4, -0.2) is 23.9 Å². The van der Waals surface area contributed by atoms with Gasteiger partial charge in [-0.15, -0.1) is 11.3 Å². The number of nitrogens with one attached hydrogen (secondary N) is 2. The summed E-state index contributed by atoms with van der Waals surface area (Å²) in [5, 5.41) is 1.80. The van der Waals surface area contributed by atoms with Gasteiger partial charge < -0.3 is 4.90 Å². The number of rotatable bonds is 3. The highest BCUT2D eigenvalue weighted by Gasteiger charge is 2.11. The fourth-order valence-electron chi connectivity index (χ4n) is 1.60. The summed E-state index contributed by atoms with van der Waals surface area (Å²) < 4.78 is 0. The highest BCUT2D eigenvalue weighted by Crippen LogP contribution is 2.07. The Morgan fingerprint density at radius 3 is 2.50 bits per heavy atom. The number of carbonyl (C=O) groups is 2. The van der Waals surface area contributed by atoms with Gasteiger partial charge in [0.2, 0.25) is 0 Å². The fraction of sp³-hybridized carbons (Fsp3) is 0.143. The van der Waals surface area contributed by atoms with E-state index in [0.717, 1.165) is 5.56 Å². The van der Waals surface area contributed by atoms with Crippen LogP contribution < -0.4 is 10.9 Å². The van der Waals surface area contributed by atoms with Crippen molar-refractivity contribution >= 4 is 23.3 Å². The zero-order chi connectivity index (χ0) is 14.4. The Labute approximate surface area is 121 Å². The van der Waals surface area contributed by atoms with E-state index in [1.807, 2.05) is 30.3 Å². The first kappa shape index (κ1) is 14.1. The van der Waals surface area contributed by atoms with Gasteiger partial charge in [-0.2, -0.15) is 0 Å². The van der Waals surface area contributed by atoms with E-state index in [1.165, 1.54) is 16.2 Å². The molecule has 20 heavy (non-hydrogen) atoms.